The molecule has 5 nitrogen and oxygen atoms in total. The van der Waals surface area contributed by atoms with Crippen LogP contribution in [0.2, 0.25) is 0 Å². The van der Waals surface area contributed by atoms with E-state index in [0.29, 0.717) is 6.54 Å². The first-order valence-electron chi connectivity index (χ1n) is 5.76. The van der Waals surface area contributed by atoms with Gasteiger partial charge in [-0.1, -0.05) is 6.42 Å². The standard InChI is InChI=1S/C11H19N3O2S2/c1-17-8-4-2-3-6-14-18(15,16)11-9-13-7-5-10(11)12/h5,7,9,14H,2-4,6,8H2,1H3,(H2,12,13). The molecule has 0 unspecified atom stereocenters. The van der Waals surface area contributed by atoms with Gasteiger partial charge in [-0.05, 0) is 30.9 Å². The third-order valence-electron chi connectivity index (χ3n) is 2.42. The minimum absolute atomic E-state index is 0.0501. The van der Waals surface area contributed by atoms with Crippen LogP contribution in [-0.2, 0) is 10.0 Å². The molecule has 18 heavy (non-hydrogen) atoms. The van der Waals surface area contributed by atoms with E-state index < -0.39 is 10.0 Å². The van der Waals surface area contributed by atoms with Crippen molar-refractivity contribution >= 4 is 27.5 Å². The van der Waals surface area contributed by atoms with Crippen LogP contribution in [0.25, 0.3) is 0 Å². The molecule has 0 bridgehead atoms. The molecular formula is C11H19N3O2S2. The van der Waals surface area contributed by atoms with Crippen molar-refractivity contribution in [2.24, 2.45) is 0 Å². The largest absolute Gasteiger partial charge is 0.398 e. The van der Waals surface area contributed by atoms with Crippen molar-refractivity contribution in [3.63, 3.8) is 0 Å². The summed E-state index contributed by atoms with van der Waals surface area (Å²) in [6.45, 7) is 0.436. The lowest BCUT2D eigenvalue weighted by atomic mass is 10.2. The van der Waals surface area contributed by atoms with Crippen molar-refractivity contribution in [3.05, 3.63) is 18.5 Å². The molecule has 0 spiro atoms. The van der Waals surface area contributed by atoms with Gasteiger partial charge in [-0.15, -0.1) is 0 Å². The van der Waals surface area contributed by atoms with Gasteiger partial charge < -0.3 is 5.73 Å². The summed E-state index contributed by atoms with van der Waals surface area (Å²) >= 11 is 1.80. The smallest absolute Gasteiger partial charge is 0.244 e. The number of unbranched alkanes of at least 4 members (excludes halogenated alkanes) is 2. The Morgan fingerprint density at radius 2 is 2.17 bits per heavy atom. The monoisotopic (exact) mass is 289 g/mol. The lowest BCUT2D eigenvalue weighted by Gasteiger charge is -2.08. The zero-order valence-electron chi connectivity index (χ0n) is 10.4. The van der Waals surface area contributed by atoms with Gasteiger partial charge >= 0.3 is 0 Å². The lowest BCUT2D eigenvalue weighted by Crippen LogP contribution is -2.25. The fourth-order valence-electron chi connectivity index (χ4n) is 1.45. The maximum absolute atomic E-state index is 11.9. The van der Waals surface area contributed by atoms with Crippen LogP contribution in [0.5, 0.6) is 0 Å². The van der Waals surface area contributed by atoms with E-state index in [1.807, 2.05) is 0 Å². The number of nitrogens with two attached hydrogens (primary N) is 1. The van der Waals surface area contributed by atoms with Crippen molar-refractivity contribution < 1.29 is 8.42 Å². The fourth-order valence-corrected chi connectivity index (χ4v) is 3.09. The number of nitrogen functional groups attached to an aromatic ring is 1. The third kappa shape index (κ3) is 4.83. The second kappa shape index (κ2) is 7.60. The van der Waals surface area contributed by atoms with Crippen LogP contribution >= 0.6 is 11.8 Å². The summed E-state index contributed by atoms with van der Waals surface area (Å²) < 4.78 is 26.4. The zero-order valence-corrected chi connectivity index (χ0v) is 12.1. The van der Waals surface area contributed by atoms with Crippen LogP contribution in [0.15, 0.2) is 23.4 Å². The topological polar surface area (TPSA) is 85.1 Å². The molecule has 0 fully saturated rings. The van der Waals surface area contributed by atoms with E-state index in [-0.39, 0.29) is 10.6 Å². The molecule has 0 aromatic carbocycles. The maximum atomic E-state index is 11.9. The van der Waals surface area contributed by atoms with E-state index in [1.54, 1.807) is 11.8 Å². The van der Waals surface area contributed by atoms with Crippen molar-refractivity contribution in [2.75, 3.05) is 24.3 Å². The molecular weight excluding hydrogens is 270 g/mol. The normalized spacial score (nSPS) is 11.6. The number of thioether (sulfide) groups is 1. The highest BCUT2D eigenvalue weighted by atomic mass is 32.2. The summed E-state index contributed by atoms with van der Waals surface area (Å²) in [7, 11) is -3.53. The maximum Gasteiger partial charge on any atom is 0.244 e. The Balaban J connectivity index is 2.44. The molecule has 0 aliphatic heterocycles. The first kappa shape index (κ1) is 15.3. The van der Waals surface area contributed by atoms with Crippen LogP contribution in [0.1, 0.15) is 19.3 Å². The molecule has 1 aromatic heterocycles. The van der Waals surface area contributed by atoms with E-state index in [4.69, 9.17) is 5.73 Å². The van der Waals surface area contributed by atoms with E-state index in [9.17, 15) is 8.42 Å². The quantitative estimate of drug-likeness (QED) is 0.708. The molecule has 0 saturated carbocycles. The Hall–Kier alpha value is -0.790. The molecule has 1 heterocycles. The van der Waals surface area contributed by atoms with E-state index >= 15 is 0 Å². The summed E-state index contributed by atoms with van der Waals surface area (Å²) in [6.07, 6.45) is 7.76. The van der Waals surface area contributed by atoms with Gasteiger partial charge in [0.1, 0.15) is 4.90 Å². The second-order valence-corrected chi connectivity index (χ2v) is 6.59. The summed E-state index contributed by atoms with van der Waals surface area (Å²) in [5.74, 6) is 1.11. The number of sulfonamides is 1. The first-order valence-corrected chi connectivity index (χ1v) is 8.63. The van der Waals surface area contributed by atoms with Crippen LogP contribution < -0.4 is 10.5 Å². The Morgan fingerprint density at radius 1 is 1.39 bits per heavy atom. The third-order valence-corrected chi connectivity index (χ3v) is 4.62. The summed E-state index contributed by atoms with van der Waals surface area (Å²) in [5.41, 5.74) is 5.84. The Morgan fingerprint density at radius 3 is 2.83 bits per heavy atom. The van der Waals surface area contributed by atoms with Crippen molar-refractivity contribution in [3.8, 4) is 0 Å². The highest BCUT2D eigenvalue weighted by molar-refractivity contribution is 7.98. The van der Waals surface area contributed by atoms with Gasteiger partial charge in [-0.3, -0.25) is 4.98 Å². The Bertz CT molecular complexity index is 463. The van der Waals surface area contributed by atoms with E-state index in [1.165, 1.54) is 18.5 Å². The molecule has 0 aliphatic carbocycles. The van der Waals surface area contributed by atoms with E-state index in [2.05, 4.69) is 16.0 Å². The zero-order chi connectivity index (χ0) is 13.4. The predicted octanol–water partition coefficient (Wildman–Crippen LogP) is 1.48. The molecule has 7 heteroatoms. The highest BCUT2D eigenvalue weighted by Gasteiger charge is 2.16. The van der Waals surface area contributed by atoms with Gasteiger partial charge in [-0.2, -0.15) is 11.8 Å². The molecule has 1 aromatic rings. The highest BCUT2D eigenvalue weighted by Crippen LogP contribution is 2.15. The van der Waals surface area contributed by atoms with Crippen molar-refractivity contribution in [1.29, 1.82) is 0 Å². The van der Waals surface area contributed by atoms with Crippen LogP contribution in [0, 0.1) is 0 Å². The number of nitrogens with zero attached hydrogens (tertiary/aromatic N) is 1. The summed E-state index contributed by atoms with van der Waals surface area (Å²) in [4.78, 5) is 3.83. The molecule has 1 rings (SSSR count). The average Bonchev–Trinajstić information content (AvgIpc) is 2.34. The van der Waals surface area contributed by atoms with Crippen molar-refractivity contribution in [1.82, 2.24) is 9.71 Å². The molecule has 0 atom stereocenters. The number of rotatable bonds is 8. The molecule has 0 saturated heterocycles. The Kier molecular flexibility index (Phi) is 6.45. The molecule has 0 amide bonds. The average molecular weight is 289 g/mol. The number of pyridine rings is 1. The summed E-state index contributed by atoms with van der Waals surface area (Å²) in [6, 6.07) is 1.48. The lowest BCUT2D eigenvalue weighted by molar-refractivity contribution is 0.576. The first-order chi connectivity index (χ1) is 8.58. The van der Waals surface area contributed by atoms with Gasteiger partial charge in [0.05, 0.1) is 5.69 Å². The van der Waals surface area contributed by atoms with Crippen LogP contribution in [0.4, 0.5) is 5.69 Å². The van der Waals surface area contributed by atoms with Gasteiger partial charge in [0.25, 0.3) is 0 Å². The van der Waals surface area contributed by atoms with Crippen LogP contribution in [-0.4, -0.2) is 32.0 Å². The fraction of sp³-hybridized carbons (Fsp3) is 0.545. The molecule has 3 N–H and O–H groups in total. The van der Waals surface area contributed by atoms with Gasteiger partial charge in [0, 0.05) is 18.9 Å². The van der Waals surface area contributed by atoms with Crippen molar-refractivity contribution in [2.45, 2.75) is 24.2 Å². The number of nitrogens with one attached hydrogen (secondary N) is 1. The minimum atomic E-state index is -3.53. The van der Waals surface area contributed by atoms with Gasteiger partial charge in [0.2, 0.25) is 10.0 Å². The number of aromatic nitrogens is 1. The Labute approximate surface area is 113 Å². The molecule has 102 valence electrons. The van der Waals surface area contributed by atoms with Gasteiger partial charge in [0.15, 0.2) is 0 Å². The number of hydrogen-bond donors (Lipinski definition) is 2. The van der Waals surface area contributed by atoms with Crippen LogP contribution in [0.3, 0.4) is 0 Å². The number of anilines is 1. The molecule has 0 radical (unpaired) electrons. The SMILES string of the molecule is CSCCCCCNS(=O)(=O)c1cnccc1N. The van der Waals surface area contributed by atoms with E-state index in [0.717, 1.165) is 25.0 Å². The molecule has 0 aliphatic rings. The summed E-state index contributed by atoms with van der Waals surface area (Å²) in [5, 5.41) is 0. The minimum Gasteiger partial charge on any atom is -0.398 e. The second-order valence-electron chi connectivity index (χ2n) is 3.86. The number of hydrogen-bond acceptors (Lipinski definition) is 5. The predicted molar refractivity (Wildman–Crippen MR) is 76.1 cm³/mol. The van der Waals surface area contributed by atoms with Gasteiger partial charge in [-0.25, -0.2) is 13.1 Å².